The zero-order valence-corrected chi connectivity index (χ0v) is 13.0. The fourth-order valence-electron chi connectivity index (χ4n) is 2.93. The third-order valence-corrected chi connectivity index (χ3v) is 4.20. The first-order valence-corrected chi connectivity index (χ1v) is 7.82. The molecule has 1 aromatic heterocycles. The third kappa shape index (κ3) is 2.62. The van der Waals surface area contributed by atoms with Crippen LogP contribution in [0.1, 0.15) is 5.56 Å². The molecule has 0 saturated carbocycles. The van der Waals surface area contributed by atoms with E-state index in [1.165, 1.54) is 27.5 Å². The number of rotatable bonds is 2. The minimum absolute atomic E-state index is 1.04. The van der Waals surface area contributed by atoms with Crippen molar-refractivity contribution in [3.63, 3.8) is 0 Å². The molecule has 0 atom stereocenters. The molecule has 0 radical (unpaired) electrons. The first-order valence-electron chi connectivity index (χ1n) is 7.82. The van der Waals surface area contributed by atoms with Crippen LogP contribution in [0.5, 0.6) is 0 Å². The maximum atomic E-state index is 4.59. The van der Waals surface area contributed by atoms with Gasteiger partial charge in [-0.05, 0) is 35.6 Å². The maximum Gasteiger partial charge on any atom is 0.0780 e. The molecule has 0 aliphatic heterocycles. The lowest BCUT2D eigenvalue weighted by Crippen LogP contribution is -1.87. The normalized spacial score (nSPS) is 10.8. The van der Waals surface area contributed by atoms with Crippen molar-refractivity contribution in [2.75, 3.05) is 0 Å². The Morgan fingerprint density at radius 1 is 0.652 bits per heavy atom. The van der Waals surface area contributed by atoms with E-state index in [2.05, 4.69) is 84.7 Å². The zero-order chi connectivity index (χ0) is 15.6. The number of pyridine rings is 1. The van der Waals surface area contributed by atoms with Crippen LogP contribution in [0.3, 0.4) is 0 Å². The molecule has 0 saturated heterocycles. The quantitative estimate of drug-likeness (QED) is 0.450. The molecule has 110 valence electrons. The summed E-state index contributed by atoms with van der Waals surface area (Å²) in [5.74, 6) is 0. The van der Waals surface area contributed by atoms with Gasteiger partial charge < -0.3 is 0 Å². The van der Waals surface area contributed by atoms with Crippen molar-refractivity contribution in [2.24, 2.45) is 0 Å². The molecule has 0 N–H and O–H groups in total. The average Bonchev–Trinajstić information content (AvgIpc) is 2.62. The highest BCUT2D eigenvalue weighted by atomic mass is 14.7. The molecule has 1 heterocycles. The number of benzene rings is 3. The molecule has 1 nitrogen and oxygen atoms in total. The number of hydrogen-bond donors (Lipinski definition) is 0. The lowest BCUT2D eigenvalue weighted by molar-refractivity contribution is 1.36. The average molecular weight is 295 g/mol. The molecule has 0 aliphatic rings. The predicted octanol–water partition coefficient (Wildman–Crippen LogP) is 5.88. The van der Waals surface area contributed by atoms with Crippen molar-refractivity contribution in [3.8, 4) is 22.4 Å². The summed E-state index contributed by atoms with van der Waals surface area (Å²) in [6, 6.07) is 27.7. The molecule has 0 spiro atoms. The summed E-state index contributed by atoms with van der Waals surface area (Å²) in [5, 5.41) is 2.41. The van der Waals surface area contributed by atoms with E-state index in [1.807, 2.05) is 12.3 Å². The zero-order valence-electron chi connectivity index (χ0n) is 13.0. The van der Waals surface area contributed by atoms with Crippen molar-refractivity contribution in [2.45, 2.75) is 6.92 Å². The summed E-state index contributed by atoms with van der Waals surface area (Å²) in [4.78, 5) is 4.59. The Labute approximate surface area is 136 Å². The van der Waals surface area contributed by atoms with E-state index in [1.54, 1.807) is 0 Å². The predicted molar refractivity (Wildman–Crippen MR) is 97.4 cm³/mol. The van der Waals surface area contributed by atoms with Crippen LogP contribution in [-0.2, 0) is 0 Å². The monoisotopic (exact) mass is 295 g/mol. The number of nitrogens with zero attached hydrogens (tertiary/aromatic N) is 1. The number of hydrogen-bond acceptors (Lipinski definition) is 1. The fourth-order valence-corrected chi connectivity index (χ4v) is 2.93. The Kier molecular flexibility index (Phi) is 3.39. The molecule has 3 aromatic carbocycles. The summed E-state index contributed by atoms with van der Waals surface area (Å²) < 4.78 is 0. The standard InChI is InChI=1S/C22H17N/c1-16-7-9-17(10-8-16)19-11-12-21-20(15-19)13-14-23-22(21)18-5-3-2-4-6-18/h2-15H,1H3. The Hall–Kier alpha value is -2.93. The highest BCUT2D eigenvalue weighted by molar-refractivity contribution is 5.96. The largest absolute Gasteiger partial charge is 0.256 e. The Bertz CT molecular complexity index is 954. The third-order valence-electron chi connectivity index (χ3n) is 4.20. The summed E-state index contributed by atoms with van der Waals surface area (Å²) in [6.45, 7) is 2.11. The maximum absolute atomic E-state index is 4.59. The molecule has 0 bridgehead atoms. The minimum atomic E-state index is 1.04. The summed E-state index contributed by atoms with van der Waals surface area (Å²) in [6.07, 6.45) is 1.89. The second-order valence-electron chi connectivity index (χ2n) is 5.83. The second-order valence-corrected chi connectivity index (χ2v) is 5.83. The van der Waals surface area contributed by atoms with E-state index in [0.717, 1.165) is 11.3 Å². The van der Waals surface area contributed by atoms with Gasteiger partial charge in [-0.3, -0.25) is 4.98 Å². The van der Waals surface area contributed by atoms with Gasteiger partial charge in [-0.2, -0.15) is 0 Å². The SMILES string of the molecule is Cc1ccc(-c2ccc3c(-c4ccccc4)nccc3c2)cc1. The van der Waals surface area contributed by atoms with Gasteiger partial charge >= 0.3 is 0 Å². The van der Waals surface area contributed by atoms with Crippen LogP contribution in [0.4, 0.5) is 0 Å². The topological polar surface area (TPSA) is 12.9 Å². The highest BCUT2D eigenvalue weighted by Crippen LogP contribution is 2.30. The van der Waals surface area contributed by atoms with E-state index in [0.29, 0.717) is 0 Å². The van der Waals surface area contributed by atoms with Crippen LogP contribution in [0.25, 0.3) is 33.2 Å². The van der Waals surface area contributed by atoms with Crippen LogP contribution < -0.4 is 0 Å². The van der Waals surface area contributed by atoms with Crippen molar-refractivity contribution in [3.05, 3.63) is 90.6 Å². The fraction of sp³-hybridized carbons (Fsp3) is 0.0455. The minimum Gasteiger partial charge on any atom is -0.256 e. The molecule has 0 aliphatic carbocycles. The van der Waals surface area contributed by atoms with E-state index in [-0.39, 0.29) is 0 Å². The number of aromatic nitrogens is 1. The number of aryl methyl sites for hydroxylation is 1. The molecule has 1 heteroatoms. The van der Waals surface area contributed by atoms with Gasteiger partial charge in [-0.25, -0.2) is 0 Å². The van der Waals surface area contributed by atoms with Crippen molar-refractivity contribution in [1.82, 2.24) is 4.98 Å². The van der Waals surface area contributed by atoms with Crippen molar-refractivity contribution < 1.29 is 0 Å². The van der Waals surface area contributed by atoms with Crippen LogP contribution >= 0.6 is 0 Å². The number of fused-ring (bicyclic) bond motifs is 1. The van der Waals surface area contributed by atoms with Gasteiger partial charge in [0.25, 0.3) is 0 Å². The molecular formula is C22H17N. The summed E-state index contributed by atoms with van der Waals surface area (Å²) >= 11 is 0. The van der Waals surface area contributed by atoms with Gasteiger partial charge in [0.05, 0.1) is 5.69 Å². The van der Waals surface area contributed by atoms with Crippen molar-refractivity contribution >= 4 is 10.8 Å². The van der Waals surface area contributed by atoms with Gasteiger partial charge in [0.2, 0.25) is 0 Å². The molecule has 4 rings (SSSR count). The molecule has 0 fully saturated rings. The van der Waals surface area contributed by atoms with Crippen LogP contribution in [-0.4, -0.2) is 4.98 Å². The van der Waals surface area contributed by atoms with Gasteiger partial charge in [0.1, 0.15) is 0 Å². The molecular weight excluding hydrogens is 278 g/mol. The van der Waals surface area contributed by atoms with Crippen LogP contribution in [0, 0.1) is 6.92 Å². The van der Waals surface area contributed by atoms with E-state index < -0.39 is 0 Å². The highest BCUT2D eigenvalue weighted by Gasteiger charge is 2.06. The van der Waals surface area contributed by atoms with E-state index in [4.69, 9.17) is 0 Å². The second kappa shape index (κ2) is 5.69. The smallest absolute Gasteiger partial charge is 0.0780 e. The summed E-state index contributed by atoms with van der Waals surface area (Å²) in [7, 11) is 0. The Morgan fingerprint density at radius 2 is 1.39 bits per heavy atom. The van der Waals surface area contributed by atoms with Gasteiger partial charge in [-0.1, -0.05) is 72.3 Å². The molecule has 0 amide bonds. The van der Waals surface area contributed by atoms with Gasteiger partial charge in [-0.15, -0.1) is 0 Å². The van der Waals surface area contributed by atoms with E-state index in [9.17, 15) is 0 Å². The Morgan fingerprint density at radius 3 is 2.17 bits per heavy atom. The van der Waals surface area contributed by atoms with Crippen LogP contribution in [0.15, 0.2) is 85.1 Å². The van der Waals surface area contributed by atoms with Crippen LogP contribution in [0.2, 0.25) is 0 Å². The van der Waals surface area contributed by atoms with Gasteiger partial charge in [0, 0.05) is 17.1 Å². The lowest BCUT2D eigenvalue weighted by Gasteiger charge is -2.08. The molecule has 4 aromatic rings. The first kappa shape index (κ1) is 13.7. The van der Waals surface area contributed by atoms with Crippen molar-refractivity contribution in [1.29, 1.82) is 0 Å². The Balaban J connectivity index is 1.86. The lowest BCUT2D eigenvalue weighted by atomic mass is 9.98. The van der Waals surface area contributed by atoms with Gasteiger partial charge in [0.15, 0.2) is 0 Å². The molecule has 23 heavy (non-hydrogen) atoms. The first-order chi connectivity index (χ1) is 11.3. The summed E-state index contributed by atoms with van der Waals surface area (Å²) in [5.41, 5.74) is 5.96. The molecule has 0 unspecified atom stereocenters. The van der Waals surface area contributed by atoms with E-state index >= 15 is 0 Å².